The van der Waals surface area contributed by atoms with Crippen LogP contribution in [0.2, 0.25) is 0 Å². The molecular formula is C20H28N4O3. The zero-order valence-corrected chi connectivity index (χ0v) is 16.1. The van der Waals surface area contributed by atoms with E-state index in [1.165, 1.54) is 19.3 Å². The minimum atomic E-state index is 0.213. The van der Waals surface area contributed by atoms with Gasteiger partial charge in [0.05, 0.1) is 24.3 Å². The molecule has 1 saturated heterocycles. The van der Waals surface area contributed by atoms with Crippen molar-refractivity contribution in [3.8, 4) is 17.3 Å². The summed E-state index contributed by atoms with van der Waals surface area (Å²) in [7, 11) is 0. The summed E-state index contributed by atoms with van der Waals surface area (Å²) in [6.07, 6.45) is 8.30. The number of hydrogen-bond donors (Lipinski definition) is 0. The molecule has 0 unspecified atom stereocenters. The molecule has 1 aliphatic carbocycles. The lowest BCUT2D eigenvalue weighted by atomic mass is 9.98. The zero-order valence-electron chi connectivity index (χ0n) is 16.1. The third-order valence-electron chi connectivity index (χ3n) is 5.16. The van der Waals surface area contributed by atoms with Gasteiger partial charge in [-0.15, -0.1) is 0 Å². The summed E-state index contributed by atoms with van der Waals surface area (Å²) in [4.78, 5) is 11.3. The molecule has 2 atom stereocenters. The highest BCUT2D eigenvalue weighted by atomic mass is 16.5. The van der Waals surface area contributed by atoms with Crippen molar-refractivity contribution >= 4 is 0 Å². The lowest BCUT2D eigenvalue weighted by molar-refractivity contribution is -0.0725. The normalized spacial score (nSPS) is 24.8. The van der Waals surface area contributed by atoms with Crippen molar-refractivity contribution in [3.63, 3.8) is 0 Å². The molecule has 2 aromatic heterocycles. The van der Waals surface area contributed by atoms with E-state index in [1.54, 1.807) is 6.20 Å². The molecule has 7 heteroatoms. The quantitative estimate of drug-likeness (QED) is 0.796. The van der Waals surface area contributed by atoms with Gasteiger partial charge < -0.3 is 14.0 Å². The first-order valence-corrected chi connectivity index (χ1v) is 10.00. The molecule has 2 aromatic rings. The van der Waals surface area contributed by atoms with Gasteiger partial charge in [-0.2, -0.15) is 4.98 Å². The summed E-state index contributed by atoms with van der Waals surface area (Å²) in [5, 5.41) is 4.18. The molecule has 0 spiro atoms. The second-order valence-corrected chi connectivity index (χ2v) is 7.70. The molecule has 7 nitrogen and oxygen atoms in total. The van der Waals surface area contributed by atoms with E-state index in [1.807, 2.05) is 12.1 Å². The minimum absolute atomic E-state index is 0.213. The maximum Gasteiger partial charge on any atom is 0.241 e. The second-order valence-electron chi connectivity index (χ2n) is 7.70. The predicted molar refractivity (Wildman–Crippen MR) is 100 cm³/mol. The number of aromatic nitrogens is 3. The first kappa shape index (κ1) is 18.4. The fourth-order valence-electron chi connectivity index (χ4n) is 4.03. The lowest BCUT2D eigenvalue weighted by Crippen LogP contribution is -2.44. The fourth-order valence-corrected chi connectivity index (χ4v) is 4.03. The number of pyridine rings is 1. The Bertz CT molecular complexity index is 734. The molecule has 2 aliphatic rings. The van der Waals surface area contributed by atoms with Crippen molar-refractivity contribution in [2.75, 3.05) is 13.1 Å². The van der Waals surface area contributed by atoms with Gasteiger partial charge in [-0.25, -0.2) is 4.98 Å². The van der Waals surface area contributed by atoms with Crippen molar-refractivity contribution in [2.45, 2.75) is 70.8 Å². The first-order chi connectivity index (χ1) is 13.2. The average molecular weight is 372 g/mol. The lowest BCUT2D eigenvalue weighted by Gasteiger charge is -2.34. The maximum absolute atomic E-state index is 6.17. The van der Waals surface area contributed by atoms with Gasteiger partial charge >= 0.3 is 0 Å². The Morgan fingerprint density at radius 2 is 1.93 bits per heavy atom. The van der Waals surface area contributed by atoms with E-state index in [2.05, 4.69) is 33.9 Å². The standard InChI is InChI=1S/C20H28N4O3/c1-14-11-24(12-15(2)25-14)13-18-22-19(23-27-18)17-9-6-10-21-20(17)26-16-7-4-3-5-8-16/h6,9-10,14-16H,3-5,7-8,11-13H2,1-2H3/t14-,15-/m0/s1. The van der Waals surface area contributed by atoms with Crippen LogP contribution in [0.5, 0.6) is 5.88 Å². The molecule has 0 radical (unpaired) electrons. The molecule has 1 aliphatic heterocycles. The van der Waals surface area contributed by atoms with Crippen LogP contribution < -0.4 is 4.74 Å². The highest BCUT2D eigenvalue weighted by Crippen LogP contribution is 2.29. The van der Waals surface area contributed by atoms with Crippen LogP contribution in [0.4, 0.5) is 0 Å². The van der Waals surface area contributed by atoms with Gasteiger partial charge in [-0.3, -0.25) is 4.90 Å². The third kappa shape index (κ3) is 4.65. The maximum atomic E-state index is 6.17. The van der Waals surface area contributed by atoms with Crippen LogP contribution in [0.1, 0.15) is 51.8 Å². The highest BCUT2D eigenvalue weighted by Gasteiger charge is 2.25. The Kier molecular flexibility index (Phi) is 5.69. The van der Waals surface area contributed by atoms with E-state index in [-0.39, 0.29) is 18.3 Å². The molecule has 146 valence electrons. The Morgan fingerprint density at radius 3 is 2.70 bits per heavy atom. The molecular weight excluding hydrogens is 344 g/mol. The molecule has 0 amide bonds. The molecule has 27 heavy (non-hydrogen) atoms. The van der Waals surface area contributed by atoms with E-state index >= 15 is 0 Å². The monoisotopic (exact) mass is 372 g/mol. The molecule has 0 N–H and O–H groups in total. The molecule has 0 aromatic carbocycles. The van der Waals surface area contributed by atoms with Gasteiger partial charge in [-0.05, 0) is 51.7 Å². The first-order valence-electron chi connectivity index (χ1n) is 10.00. The van der Waals surface area contributed by atoms with Crippen molar-refractivity contribution in [2.24, 2.45) is 0 Å². The number of morpholine rings is 1. The number of hydrogen-bond acceptors (Lipinski definition) is 7. The van der Waals surface area contributed by atoms with Crippen LogP contribution in [0, 0.1) is 0 Å². The van der Waals surface area contributed by atoms with Gasteiger partial charge in [0.15, 0.2) is 0 Å². The van der Waals surface area contributed by atoms with Gasteiger partial charge in [0.1, 0.15) is 6.10 Å². The van der Waals surface area contributed by atoms with Crippen molar-refractivity contribution in [1.29, 1.82) is 0 Å². The van der Waals surface area contributed by atoms with E-state index in [9.17, 15) is 0 Å². The number of ether oxygens (including phenoxy) is 2. The Balaban J connectivity index is 1.46. The van der Waals surface area contributed by atoms with Crippen molar-refractivity contribution in [3.05, 3.63) is 24.2 Å². The topological polar surface area (TPSA) is 73.5 Å². The van der Waals surface area contributed by atoms with Crippen LogP contribution in [-0.2, 0) is 11.3 Å². The van der Waals surface area contributed by atoms with E-state index < -0.39 is 0 Å². The molecule has 1 saturated carbocycles. The number of rotatable bonds is 5. The van der Waals surface area contributed by atoms with Gasteiger partial charge in [0, 0.05) is 19.3 Å². The van der Waals surface area contributed by atoms with Gasteiger partial charge in [0.25, 0.3) is 0 Å². The SMILES string of the molecule is C[C@H]1CN(Cc2nc(-c3cccnc3OC3CCCCC3)no2)C[C@H](C)O1. The summed E-state index contributed by atoms with van der Waals surface area (Å²) in [5.41, 5.74) is 0.793. The van der Waals surface area contributed by atoms with Crippen molar-refractivity contribution < 1.29 is 14.0 Å². The largest absolute Gasteiger partial charge is 0.474 e. The molecule has 3 heterocycles. The fraction of sp³-hybridized carbons (Fsp3) is 0.650. The Hall–Kier alpha value is -1.99. The van der Waals surface area contributed by atoms with Crippen molar-refractivity contribution in [1.82, 2.24) is 20.0 Å². The summed E-state index contributed by atoms with van der Waals surface area (Å²) < 4.78 is 17.5. The minimum Gasteiger partial charge on any atom is -0.474 e. The Morgan fingerprint density at radius 1 is 1.15 bits per heavy atom. The van der Waals surface area contributed by atoms with Gasteiger partial charge in [-0.1, -0.05) is 11.6 Å². The van der Waals surface area contributed by atoms with E-state index in [0.29, 0.717) is 24.1 Å². The Labute approximate surface area is 160 Å². The van der Waals surface area contributed by atoms with Crippen LogP contribution in [0.3, 0.4) is 0 Å². The van der Waals surface area contributed by atoms with E-state index in [4.69, 9.17) is 14.0 Å². The summed E-state index contributed by atoms with van der Waals surface area (Å²) >= 11 is 0. The van der Waals surface area contributed by atoms with Gasteiger partial charge in [0.2, 0.25) is 17.6 Å². The highest BCUT2D eigenvalue weighted by molar-refractivity contribution is 5.60. The van der Waals surface area contributed by atoms with Crippen LogP contribution in [0.15, 0.2) is 22.9 Å². The predicted octanol–water partition coefficient (Wildman–Crippen LogP) is 3.45. The molecule has 0 bridgehead atoms. The third-order valence-corrected chi connectivity index (χ3v) is 5.16. The smallest absolute Gasteiger partial charge is 0.241 e. The molecule has 4 rings (SSSR count). The molecule has 2 fully saturated rings. The number of nitrogens with zero attached hydrogens (tertiary/aromatic N) is 4. The zero-order chi connectivity index (χ0) is 18.6. The van der Waals surface area contributed by atoms with Crippen LogP contribution in [0.25, 0.3) is 11.4 Å². The van der Waals surface area contributed by atoms with Crippen LogP contribution in [-0.4, -0.2) is 51.4 Å². The van der Waals surface area contributed by atoms with Crippen LogP contribution >= 0.6 is 0 Å². The summed E-state index contributed by atoms with van der Waals surface area (Å²) in [6, 6.07) is 3.82. The van der Waals surface area contributed by atoms with E-state index in [0.717, 1.165) is 31.5 Å². The second kappa shape index (κ2) is 8.35. The average Bonchev–Trinajstić information content (AvgIpc) is 3.10. The summed E-state index contributed by atoms with van der Waals surface area (Å²) in [6.45, 7) is 6.54. The summed E-state index contributed by atoms with van der Waals surface area (Å²) in [5.74, 6) is 1.75.